The van der Waals surface area contributed by atoms with Crippen LogP contribution in [0.5, 0.6) is 11.5 Å². The van der Waals surface area contributed by atoms with Gasteiger partial charge in [-0.3, -0.25) is 24.7 Å². The van der Waals surface area contributed by atoms with Crippen molar-refractivity contribution in [3.8, 4) is 11.5 Å². The predicted octanol–water partition coefficient (Wildman–Crippen LogP) is 5.38. The van der Waals surface area contributed by atoms with Crippen molar-refractivity contribution < 1.29 is 28.7 Å². The number of aliphatic imine (C=N–C) groups is 1. The minimum Gasteiger partial charge on any atom is -0.462 e. The Balaban J connectivity index is 1.48. The molecule has 1 fully saturated rings. The van der Waals surface area contributed by atoms with Gasteiger partial charge in [0.1, 0.15) is 12.0 Å². The molecule has 4 aliphatic rings. The predicted molar refractivity (Wildman–Crippen MR) is 137 cm³/mol. The summed E-state index contributed by atoms with van der Waals surface area (Å²) in [6.45, 7) is 1.69. The molecule has 1 saturated carbocycles. The Morgan fingerprint density at radius 1 is 1.08 bits per heavy atom. The summed E-state index contributed by atoms with van der Waals surface area (Å²) in [7, 11) is 0. The van der Waals surface area contributed by atoms with E-state index < -0.39 is 22.7 Å². The van der Waals surface area contributed by atoms with Crippen molar-refractivity contribution in [1.29, 1.82) is 0 Å². The second-order valence-electron chi connectivity index (χ2n) is 10.4. The van der Waals surface area contributed by atoms with E-state index in [2.05, 4.69) is 0 Å². The van der Waals surface area contributed by atoms with Crippen LogP contribution in [0.15, 0.2) is 58.7 Å². The highest BCUT2D eigenvalue weighted by molar-refractivity contribution is 6.09. The lowest BCUT2D eigenvalue weighted by Gasteiger charge is -2.36. The smallest absolute Gasteiger partial charge is 0.315 e. The molecule has 1 unspecified atom stereocenters. The van der Waals surface area contributed by atoms with Gasteiger partial charge >= 0.3 is 5.97 Å². The third-order valence-electron chi connectivity index (χ3n) is 8.05. The number of carbonyl (C=O) groups excluding carboxylic acids is 2. The summed E-state index contributed by atoms with van der Waals surface area (Å²) in [4.78, 5) is 44.0. The molecule has 0 radical (unpaired) electrons. The van der Waals surface area contributed by atoms with Crippen molar-refractivity contribution in [3.63, 3.8) is 0 Å². The number of Topliss-reactive ketones (excluding diaryl/α,β-unsaturated/α-hetero) is 1. The highest BCUT2D eigenvalue weighted by Crippen LogP contribution is 2.51. The van der Waals surface area contributed by atoms with Crippen LogP contribution in [0, 0.1) is 16.0 Å². The molecule has 0 amide bonds. The Hall–Kier alpha value is -4.01. The molecule has 2 aromatic rings. The van der Waals surface area contributed by atoms with Gasteiger partial charge in [-0.15, -0.1) is 0 Å². The quantitative estimate of drug-likeness (QED) is 0.297. The lowest BCUT2D eigenvalue weighted by atomic mass is 9.69. The Labute approximate surface area is 219 Å². The van der Waals surface area contributed by atoms with Crippen LogP contribution in [0.4, 0.5) is 5.69 Å². The minimum absolute atomic E-state index is 0.0557. The summed E-state index contributed by atoms with van der Waals surface area (Å²) >= 11 is 0. The molecule has 196 valence electrons. The average molecular weight is 517 g/mol. The summed E-state index contributed by atoms with van der Waals surface area (Å²) in [5.74, 6) is -1.97. The molecule has 2 heterocycles. The molecule has 2 aliphatic heterocycles. The maximum atomic E-state index is 13.8. The standard InChI is InChI=1S/C29H28N2O7/c1-16-26(29(33)38-19-9-5-6-10-19)27(20-13-24-25(37-15-36-24)14-22(20)31(34)35)28-21(30-16)11-18(12-23(28)32)17-7-3-2-4-8-17/h2-4,7-8,13-14,18-19,26-27H,5-6,9-12,15H2,1H3/t18-,26?,27-/m0/s1. The summed E-state index contributed by atoms with van der Waals surface area (Å²) < 4.78 is 16.8. The second-order valence-corrected chi connectivity index (χ2v) is 10.4. The van der Waals surface area contributed by atoms with Gasteiger partial charge in [0, 0.05) is 34.9 Å². The van der Waals surface area contributed by atoms with Crippen molar-refractivity contribution in [3.05, 3.63) is 75.0 Å². The monoisotopic (exact) mass is 516 g/mol. The zero-order chi connectivity index (χ0) is 26.4. The van der Waals surface area contributed by atoms with E-state index in [-0.39, 0.29) is 48.0 Å². The van der Waals surface area contributed by atoms with Gasteiger partial charge < -0.3 is 14.2 Å². The average Bonchev–Trinajstić information content (AvgIpc) is 3.59. The van der Waals surface area contributed by atoms with Gasteiger partial charge in [0.25, 0.3) is 5.69 Å². The van der Waals surface area contributed by atoms with Crippen LogP contribution in [-0.4, -0.2) is 35.3 Å². The first-order valence-corrected chi connectivity index (χ1v) is 13.1. The number of esters is 1. The zero-order valence-electron chi connectivity index (χ0n) is 21.1. The zero-order valence-corrected chi connectivity index (χ0v) is 21.1. The number of ether oxygens (including phenoxy) is 3. The molecule has 2 aliphatic carbocycles. The highest BCUT2D eigenvalue weighted by atomic mass is 16.7. The maximum Gasteiger partial charge on any atom is 0.315 e. The third kappa shape index (κ3) is 4.25. The van der Waals surface area contributed by atoms with Crippen LogP contribution >= 0.6 is 0 Å². The van der Waals surface area contributed by atoms with Crippen molar-refractivity contribution in [1.82, 2.24) is 0 Å². The van der Waals surface area contributed by atoms with E-state index in [4.69, 9.17) is 19.2 Å². The molecule has 0 saturated heterocycles. The van der Waals surface area contributed by atoms with Crippen molar-refractivity contribution in [2.75, 3.05) is 6.79 Å². The van der Waals surface area contributed by atoms with Gasteiger partial charge in [0.05, 0.1) is 11.0 Å². The number of allylic oxidation sites excluding steroid dienone is 2. The number of hydrogen-bond donors (Lipinski definition) is 0. The topological polar surface area (TPSA) is 117 Å². The molecule has 38 heavy (non-hydrogen) atoms. The number of benzene rings is 2. The van der Waals surface area contributed by atoms with Crippen molar-refractivity contribution >= 4 is 23.2 Å². The lowest BCUT2D eigenvalue weighted by molar-refractivity contribution is -0.385. The largest absolute Gasteiger partial charge is 0.462 e. The number of fused-ring (bicyclic) bond motifs is 1. The van der Waals surface area contributed by atoms with E-state index >= 15 is 0 Å². The van der Waals surface area contributed by atoms with Crippen LogP contribution in [0.25, 0.3) is 0 Å². The molecule has 3 atom stereocenters. The number of nitrogens with zero attached hydrogens (tertiary/aromatic N) is 2. The molecule has 0 bridgehead atoms. The minimum atomic E-state index is -0.953. The van der Waals surface area contributed by atoms with E-state index in [0.717, 1.165) is 31.2 Å². The summed E-state index contributed by atoms with van der Waals surface area (Å²) in [5.41, 5.74) is 2.48. The van der Waals surface area contributed by atoms with Gasteiger partial charge in [0.2, 0.25) is 6.79 Å². The van der Waals surface area contributed by atoms with Gasteiger partial charge in [-0.05, 0) is 56.6 Å². The molecule has 0 N–H and O–H groups in total. The molecule has 9 nitrogen and oxygen atoms in total. The second kappa shape index (κ2) is 9.70. The molecule has 9 heteroatoms. The number of nitro benzene ring substituents is 1. The first kappa shape index (κ1) is 24.3. The van der Waals surface area contributed by atoms with Gasteiger partial charge in [-0.25, -0.2) is 0 Å². The SMILES string of the molecule is CC1=NC2=C(C(=O)C[C@@H](c3ccccc3)C2)[C@@H](c2cc3c(cc2[N+](=O)[O-])OCO3)C1C(=O)OC1CCCC1. The summed E-state index contributed by atoms with van der Waals surface area (Å²) in [6, 6.07) is 12.6. The Morgan fingerprint density at radius 3 is 2.50 bits per heavy atom. The van der Waals surface area contributed by atoms with Gasteiger partial charge in [-0.2, -0.15) is 0 Å². The van der Waals surface area contributed by atoms with Crippen LogP contribution in [0.1, 0.15) is 68.4 Å². The maximum absolute atomic E-state index is 13.8. The Kier molecular flexibility index (Phi) is 6.21. The van der Waals surface area contributed by atoms with E-state index in [9.17, 15) is 19.7 Å². The number of hydrogen-bond acceptors (Lipinski definition) is 8. The van der Waals surface area contributed by atoms with Crippen LogP contribution < -0.4 is 9.47 Å². The number of carbonyl (C=O) groups is 2. The molecule has 0 aromatic heterocycles. The Morgan fingerprint density at radius 2 is 1.79 bits per heavy atom. The number of ketones is 1. The van der Waals surface area contributed by atoms with Crippen molar-refractivity contribution in [2.45, 2.75) is 63.4 Å². The van der Waals surface area contributed by atoms with Crippen LogP contribution in [0.3, 0.4) is 0 Å². The lowest BCUT2D eigenvalue weighted by Crippen LogP contribution is -2.39. The fraction of sp³-hybridized carbons (Fsp3) is 0.414. The van der Waals surface area contributed by atoms with Crippen molar-refractivity contribution in [2.24, 2.45) is 10.9 Å². The summed E-state index contributed by atoms with van der Waals surface area (Å²) in [5, 5.41) is 12.2. The molecule has 2 aromatic carbocycles. The first-order valence-electron chi connectivity index (χ1n) is 13.1. The fourth-order valence-corrected chi connectivity index (χ4v) is 6.26. The van der Waals surface area contributed by atoms with Gasteiger partial charge in [-0.1, -0.05) is 30.3 Å². The normalized spacial score (nSPS) is 24.7. The number of rotatable bonds is 5. The van der Waals surface area contributed by atoms with E-state index in [1.165, 1.54) is 6.07 Å². The van der Waals surface area contributed by atoms with Crippen LogP contribution in [-0.2, 0) is 14.3 Å². The highest BCUT2D eigenvalue weighted by Gasteiger charge is 2.48. The molecule has 6 rings (SSSR count). The fourth-order valence-electron chi connectivity index (χ4n) is 6.26. The van der Waals surface area contributed by atoms with E-state index in [1.807, 2.05) is 30.3 Å². The molecular formula is C29H28N2O7. The first-order chi connectivity index (χ1) is 18.4. The third-order valence-corrected chi connectivity index (χ3v) is 8.05. The van der Waals surface area contributed by atoms with Gasteiger partial charge in [0.15, 0.2) is 17.3 Å². The molecular weight excluding hydrogens is 488 g/mol. The van der Waals surface area contributed by atoms with Crippen LogP contribution in [0.2, 0.25) is 0 Å². The molecule has 0 spiro atoms. The van der Waals surface area contributed by atoms with E-state index in [1.54, 1.807) is 13.0 Å². The Bertz CT molecular complexity index is 1370. The number of nitro groups is 1. The van der Waals surface area contributed by atoms with E-state index in [0.29, 0.717) is 29.2 Å². The summed E-state index contributed by atoms with van der Waals surface area (Å²) in [6.07, 6.45) is 4.09.